The minimum absolute atomic E-state index is 0.0512. The van der Waals surface area contributed by atoms with Gasteiger partial charge in [0.25, 0.3) is 0 Å². The molecule has 0 aromatic heterocycles. The van der Waals surface area contributed by atoms with Crippen LogP contribution in [0, 0.1) is 0 Å². The summed E-state index contributed by atoms with van der Waals surface area (Å²) in [6.07, 6.45) is 1.98. The maximum atomic E-state index is 11.7. The second-order valence-electron chi connectivity index (χ2n) is 4.76. The number of carboxylic acid groups (broad SMARTS) is 1. The number of ether oxygens (including phenoxy) is 2. The van der Waals surface area contributed by atoms with E-state index < -0.39 is 18.0 Å². The van der Waals surface area contributed by atoms with E-state index in [-0.39, 0.29) is 25.3 Å². The van der Waals surface area contributed by atoms with Gasteiger partial charge in [-0.3, -0.25) is 14.9 Å². The molecule has 7 nitrogen and oxygen atoms in total. The van der Waals surface area contributed by atoms with Crippen molar-refractivity contribution in [1.29, 1.82) is 0 Å². The van der Waals surface area contributed by atoms with Crippen molar-refractivity contribution in [2.75, 3.05) is 13.2 Å². The van der Waals surface area contributed by atoms with E-state index in [2.05, 4.69) is 5.32 Å². The van der Waals surface area contributed by atoms with Gasteiger partial charge in [-0.05, 0) is 26.2 Å². The van der Waals surface area contributed by atoms with Gasteiger partial charge in [0.2, 0.25) is 0 Å². The Hall–Kier alpha value is -1.18. The smallest absolute Gasteiger partial charge is 0.323 e. The summed E-state index contributed by atoms with van der Waals surface area (Å²) in [5.41, 5.74) is 5.60. The zero-order valence-corrected chi connectivity index (χ0v) is 11.1. The van der Waals surface area contributed by atoms with Crippen LogP contribution in [-0.2, 0) is 19.1 Å². The fourth-order valence-electron chi connectivity index (χ4n) is 1.82. The van der Waals surface area contributed by atoms with E-state index >= 15 is 0 Å². The number of carbonyl (C=O) groups is 2. The Labute approximate surface area is 112 Å². The molecule has 3 unspecified atom stereocenters. The molecule has 0 aliphatic carbocycles. The highest BCUT2D eigenvalue weighted by atomic mass is 16.5. The van der Waals surface area contributed by atoms with E-state index in [0.717, 1.165) is 12.8 Å². The highest BCUT2D eigenvalue weighted by molar-refractivity contribution is 5.76. The number of hydrogen-bond acceptors (Lipinski definition) is 6. The summed E-state index contributed by atoms with van der Waals surface area (Å²) in [5.74, 6) is -1.40. The van der Waals surface area contributed by atoms with Crippen molar-refractivity contribution >= 4 is 11.9 Å². The molecule has 1 fully saturated rings. The lowest BCUT2D eigenvalue weighted by atomic mass is 10.0. The molecular formula is C12H22N2O5. The van der Waals surface area contributed by atoms with Gasteiger partial charge in [0.1, 0.15) is 18.9 Å². The molecule has 1 aliphatic rings. The van der Waals surface area contributed by atoms with Gasteiger partial charge in [-0.1, -0.05) is 0 Å². The topological polar surface area (TPSA) is 111 Å². The average Bonchev–Trinajstić information content (AvgIpc) is 2.36. The third-order valence-corrected chi connectivity index (χ3v) is 2.75. The van der Waals surface area contributed by atoms with E-state index in [9.17, 15) is 9.59 Å². The van der Waals surface area contributed by atoms with Crippen LogP contribution in [0.3, 0.4) is 0 Å². The van der Waals surface area contributed by atoms with Gasteiger partial charge in [0.15, 0.2) is 0 Å². The molecule has 0 spiro atoms. The molecule has 0 radical (unpaired) electrons. The first-order valence-electron chi connectivity index (χ1n) is 6.50. The first kappa shape index (κ1) is 15.9. The Bertz CT molecular complexity index is 308. The zero-order chi connectivity index (χ0) is 14.3. The SMILES string of the molecule is CC(N)COC1CCCC(C(=O)OCCC(=O)O)N1. The van der Waals surface area contributed by atoms with Gasteiger partial charge in [0, 0.05) is 6.04 Å². The minimum atomic E-state index is -0.984. The zero-order valence-electron chi connectivity index (χ0n) is 11.1. The molecule has 0 aromatic rings. The number of aliphatic carboxylic acids is 1. The van der Waals surface area contributed by atoms with Gasteiger partial charge in [-0.25, -0.2) is 0 Å². The summed E-state index contributed by atoms with van der Waals surface area (Å²) < 4.78 is 10.4. The number of esters is 1. The van der Waals surface area contributed by atoms with E-state index in [1.54, 1.807) is 0 Å². The predicted octanol–water partition coefficient (Wildman–Crippen LogP) is -0.164. The molecule has 19 heavy (non-hydrogen) atoms. The molecule has 3 atom stereocenters. The van der Waals surface area contributed by atoms with Gasteiger partial charge in [-0.2, -0.15) is 0 Å². The molecule has 0 saturated carbocycles. The summed E-state index contributed by atoms with van der Waals surface area (Å²) in [6, 6.07) is -0.481. The van der Waals surface area contributed by atoms with Crippen molar-refractivity contribution in [2.45, 2.75) is 50.9 Å². The van der Waals surface area contributed by atoms with Crippen molar-refractivity contribution in [3.8, 4) is 0 Å². The van der Waals surface area contributed by atoms with Crippen LogP contribution in [0.1, 0.15) is 32.6 Å². The van der Waals surface area contributed by atoms with E-state index in [4.69, 9.17) is 20.3 Å². The molecule has 1 saturated heterocycles. The molecule has 1 aliphatic heterocycles. The second kappa shape index (κ2) is 8.08. The first-order valence-corrected chi connectivity index (χ1v) is 6.50. The van der Waals surface area contributed by atoms with E-state index in [1.165, 1.54) is 0 Å². The Morgan fingerprint density at radius 2 is 2.21 bits per heavy atom. The first-order chi connectivity index (χ1) is 8.99. The summed E-state index contributed by atoms with van der Waals surface area (Å²) in [6.45, 7) is 2.18. The fraction of sp³-hybridized carbons (Fsp3) is 0.833. The molecule has 0 bridgehead atoms. The van der Waals surface area contributed by atoms with E-state index in [0.29, 0.717) is 13.0 Å². The van der Waals surface area contributed by atoms with Crippen molar-refractivity contribution in [2.24, 2.45) is 5.73 Å². The Morgan fingerprint density at radius 1 is 1.47 bits per heavy atom. The molecule has 0 aromatic carbocycles. The standard InChI is InChI=1S/C12H22N2O5/c1-8(13)7-19-10-4-2-3-9(14-10)12(17)18-6-5-11(15)16/h8-10,14H,2-7,13H2,1H3,(H,15,16). The minimum Gasteiger partial charge on any atom is -0.481 e. The average molecular weight is 274 g/mol. The Kier molecular flexibility index (Phi) is 6.75. The van der Waals surface area contributed by atoms with Crippen LogP contribution in [0.25, 0.3) is 0 Å². The fourth-order valence-corrected chi connectivity index (χ4v) is 1.82. The monoisotopic (exact) mass is 274 g/mol. The highest BCUT2D eigenvalue weighted by Gasteiger charge is 2.28. The van der Waals surface area contributed by atoms with Crippen LogP contribution in [0.4, 0.5) is 0 Å². The number of hydrogen-bond donors (Lipinski definition) is 3. The second-order valence-corrected chi connectivity index (χ2v) is 4.76. The predicted molar refractivity (Wildman–Crippen MR) is 67.4 cm³/mol. The Morgan fingerprint density at radius 3 is 2.84 bits per heavy atom. The number of carboxylic acids is 1. The van der Waals surface area contributed by atoms with Crippen LogP contribution in [0.15, 0.2) is 0 Å². The van der Waals surface area contributed by atoms with Crippen molar-refractivity contribution in [1.82, 2.24) is 5.32 Å². The normalized spacial score (nSPS) is 24.7. The van der Waals surface area contributed by atoms with Crippen molar-refractivity contribution in [3.05, 3.63) is 0 Å². The molecule has 1 rings (SSSR count). The van der Waals surface area contributed by atoms with Crippen molar-refractivity contribution in [3.63, 3.8) is 0 Å². The third kappa shape index (κ3) is 6.51. The lowest BCUT2D eigenvalue weighted by molar-refractivity contribution is -0.151. The molecular weight excluding hydrogens is 252 g/mol. The highest BCUT2D eigenvalue weighted by Crippen LogP contribution is 2.15. The summed E-state index contributed by atoms with van der Waals surface area (Å²) in [4.78, 5) is 22.0. The van der Waals surface area contributed by atoms with Gasteiger partial charge in [-0.15, -0.1) is 0 Å². The molecule has 4 N–H and O–H groups in total. The molecule has 1 heterocycles. The number of nitrogens with two attached hydrogens (primary N) is 1. The van der Waals surface area contributed by atoms with Gasteiger partial charge in [0.05, 0.1) is 13.0 Å². The molecule has 110 valence electrons. The molecule has 0 amide bonds. The quantitative estimate of drug-likeness (QED) is 0.553. The lowest BCUT2D eigenvalue weighted by Gasteiger charge is -2.30. The maximum absolute atomic E-state index is 11.7. The number of rotatable bonds is 7. The maximum Gasteiger partial charge on any atom is 0.323 e. The lowest BCUT2D eigenvalue weighted by Crippen LogP contribution is -2.49. The van der Waals surface area contributed by atoms with Crippen LogP contribution in [-0.4, -0.2) is 48.6 Å². The summed E-state index contributed by atoms with van der Waals surface area (Å²) >= 11 is 0. The van der Waals surface area contributed by atoms with Crippen LogP contribution >= 0.6 is 0 Å². The molecule has 7 heteroatoms. The third-order valence-electron chi connectivity index (χ3n) is 2.75. The van der Waals surface area contributed by atoms with Gasteiger partial charge >= 0.3 is 11.9 Å². The van der Waals surface area contributed by atoms with Crippen molar-refractivity contribution < 1.29 is 24.2 Å². The summed E-state index contributed by atoms with van der Waals surface area (Å²) in [7, 11) is 0. The van der Waals surface area contributed by atoms with Crippen LogP contribution in [0.2, 0.25) is 0 Å². The largest absolute Gasteiger partial charge is 0.481 e. The number of nitrogens with one attached hydrogen (secondary N) is 1. The number of carbonyl (C=O) groups excluding carboxylic acids is 1. The summed E-state index contributed by atoms with van der Waals surface area (Å²) in [5, 5.41) is 11.5. The van der Waals surface area contributed by atoms with E-state index in [1.807, 2.05) is 6.92 Å². The Balaban J connectivity index is 2.28. The van der Waals surface area contributed by atoms with Crippen LogP contribution < -0.4 is 11.1 Å². The number of piperidine rings is 1. The van der Waals surface area contributed by atoms with Gasteiger partial charge < -0.3 is 20.3 Å². The van der Waals surface area contributed by atoms with Crippen LogP contribution in [0.5, 0.6) is 0 Å².